The number of nitrogens with zero attached hydrogens (tertiary/aromatic N) is 1. The number of amides is 2. The molecule has 0 unspecified atom stereocenters. The first-order chi connectivity index (χ1) is 7.65. The molecule has 0 saturated carbocycles. The maximum absolute atomic E-state index is 11.5. The lowest BCUT2D eigenvalue weighted by Crippen LogP contribution is -2.31. The van der Waals surface area contributed by atoms with E-state index < -0.39 is 11.3 Å². The summed E-state index contributed by atoms with van der Waals surface area (Å²) in [5, 5.41) is -0.759. The first-order valence-corrected chi connectivity index (χ1v) is 5.27. The Morgan fingerprint density at radius 1 is 1.31 bits per heavy atom. The highest BCUT2D eigenvalue weighted by atomic mass is 35.5. The van der Waals surface area contributed by atoms with E-state index in [0.29, 0.717) is 0 Å². The van der Waals surface area contributed by atoms with Crippen molar-refractivity contribution in [2.75, 3.05) is 6.54 Å². The van der Waals surface area contributed by atoms with Crippen LogP contribution in [0.3, 0.4) is 0 Å². The average molecular weight is 238 g/mol. The number of rotatable bonds is 3. The second-order valence-electron chi connectivity index (χ2n) is 3.08. The number of carbonyl (C=O) groups is 2. The maximum Gasteiger partial charge on any atom is 0.323 e. The van der Waals surface area contributed by atoms with Crippen LogP contribution in [0.15, 0.2) is 36.4 Å². The predicted octanol–water partition coefficient (Wildman–Crippen LogP) is 2.91. The number of hydrogen-bond donors (Lipinski definition) is 0. The zero-order valence-electron chi connectivity index (χ0n) is 8.89. The molecule has 16 heavy (non-hydrogen) atoms. The zero-order valence-corrected chi connectivity index (χ0v) is 9.65. The Labute approximate surface area is 99.3 Å². The lowest BCUT2D eigenvalue weighted by Gasteiger charge is -2.12. The molecule has 0 radical (unpaired) electrons. The summed E-state index contributed by atoms with van der Waals surface area (Å²) in [6.45, 7) is 1.95. The monoisotopic (exact) mass is 237 g/mol. The fraction of sp³-hybridized carbons (Fsp3) is 0.167. The fourth-order valence-electron chi connectivity index (χ4n) is 1.19. The van der Waals surface area contributed by atoms with E-state index in [1.54, 1.807) is 13.0 Å². The number of carbonyl (C=O) groups excluding carboxylic acids is 2. The summed E-state index contributed by atoms with van der Waals surface area (Å²) in [6, 6.07) is 9.36. The molecule has 0 aliphatic heterocycles. The molecule has 0 aromatic heterocycles. The molecule has 0 saturated heterocycles. The van der Waals surface area contributed by atoms with Crippen molar-refractivity contribution >= 4 is 29.0 Å². The molecule has 0 bridgehead atoms. The van der Waals surface area contributed by atoms with Crippen LogP contribution in [0.5, 0.6) is 0 Å². The summed E-state index contributed by atoms with van der Waals surface area (Å²) < 4.78 is 0. The van der Waals surface area contributed by atoms with Crippen molar-refractivity contribution in [3.8, 4) is 0 Å². The largest absolute Gasteiger partial charge is 0.323 e. The Morgan fingerprint density at radius 2 is 1.94 bits per heavy atom. The molecule has 0 heterocycles. The van der Waals surface area contributed by atoms with Gasteiger partial charge in [-0.25, -0.2) is 0 Å². The van der Waals surface area contributed by atoms with Crippen LogP contribution in [-0.4, -0.2) is 22.7 Å². The highest BCUT2D eigenvalue weighted by molar-refractivity contribution is 6.64. The van der Waals surface area contributed by atoms with Crippen LogP contribution in [0.4, 0.5) is 4.79 Å². The van der Waals surface area contributed by atoms with Gasteiger partial charge in [0.25, 0.3) is 5.91 Å². The molecule has 84 valence electrons. The normalized spacial score (nSPS) is 10.4. The van der Waals surface area contributed by atoms with E-state index in [2.05, 4.69) is 0 Å². The third kappa shape index (κ3) is 3.51. The van der Waals surface area contributed by atoms with Crippen LogP contribution >= 0.6 is 11.6 Å². The molecule has 3 nitrogen and oxygen atoms in total. The van der Waals surface area contributed by atoms with Crippen LogP contribution in [0.25, 0.3) is 6.08 Å². The second-order valence-corrected chi connectivity index (χ2v) is 3.40. The predicted molar refractivity (Wildman–Crippen MR) is 64.1 cm³/mol. The van der Waals surface area contributed by atoms with E-state index in [4.69, 9.17) is 11.6 Å². The van der Waals surface area contributed by atoms with Crippen LogP contribution < -0.4 is 0 Å². The Kier molecular flexibility index (Phi) is 4.73. The van der Waals surface area contributed by atoms with E-state index in [1.807, 2.05) is 30.3 Å². The molecule has 1 rings (SSSR count). The number of halogens is 1. The van der Waals surface area contributed by atoms with Crippen LogP contribution in [0.1, 0.15) is 12.5 Å². The molecule has 0 N–H and O–H groups in total. The molecule has 0 aliphatic rings. The van der Waals surface area contributed by atoms with Gasteiger partial charge < -0.3 is 0 Å². The van der Waals surface area contributed by atoms with Gasteiger partial charge in [-0.05, 0) is 30.2 Å². The first-order valence-electron chi connectivity index (χ1n) is 4.89. The zero-order chi connectivity index (χ0) is 12.0. The molecule has 0 aliphatic carbocycles. The molecule has 2 amide bonds. The van der Waals surface area contributed by atoms with Crippen molar-refractivity contribution in [1.82, 2.24) is 4.90 Å². The minimum absolute atomic E-state index is 0.264. The topological polar surface area (TPSA) is 37.4 Å². The number of likely N-dealkylation sites (N-methyl/N-ethyl adjacent to an activating group) is 1. The summed E-state index contributed by atoms with van der Waals surface area (Å²) in [7, 11) is 0. The molecule has 0 fully saturated rings. The van der Waals surface area contributed by atoms with E-state index in [1.165, 1.54) is 6.08 Å². The van der Waals surface area contributed by atoms with Gasteiger partial charge in [-0.15, -0.1) is 0 Å². The van der Waals surface area contributed by atoms with Gasteiger partial charge in [-0.1, -0.05) is 30.3 Å². The second kappa shape index (κ2) is 6.08. The van der Waals surface area contributed by atoms with Crippen LogP contribution in [0, 0.1) is 0 Å². The highest BCUT2D eigenvalue weighted by Gasteiger charge is 2.14. The van der Waals surface area contributed by atoms with E-state index in [0.717, 1.165) is 10.5 Å². The van der Waals surface area contributed by atoms with Crippen LogP contribution in [0.2, 0.25) is 0 Å². The minimum Gasteiger partial charge on any atom is -0.269 e. The SMILES string of the molecule is CCN(C(=O)Cl)C(=O)/C=C/c1ccccc1. The Balaban J connectivity index is 2.71. The molecule has 0 atom stereocenters. The number of imide groups is 1. The molecule has 0 spiro atoms. The van der Waals surface area contributed by atoms with Gasteiger partial charge in [-0.2, -0.15) is 0 Å². The Morgan fingerprint density at radius 3 is 2.44 bits per heavy atom. The Bertz CT molecular complexity index is 401. The summed E-state index contributed by atoms with van der Waals surface area (Å²) in [6.07, 6.45) is 2.98. The highest BCUT2D eigenvalue weighted by Crippen LogP contribution is 2.03. The van der Waals surface area contributed by atoms with Gasteiger partial charge in [0.2, 0.25) is 0 Å². The van der Waals surface area contributed by atoms with Gasteiger partial charge in [0.1, 0.15) is 0 Å². The summed E-state index contributed by atoms with van der Waals surface area (Å²) >= 11 is 5.25. The summed E-state index contributed by atoms with van der Waals surface area (Å²) in [4.78, 5) is 23.3. The van der Waals surface area contributed by atoms with Gasteiger partial charge in [0, 0.05) is 12.6 Å². The Hall–Kier alpha value is -1.61. The van der Waals surface area contributed by atoms with Crippen LogP contribution in [-0.2, 0) is 4.79 Å². The first kappa shape index (κ1) is 12.5. The summed E-state index contributed by atoms with van der Waals surface area (Å²) in [5.74, 6) is -0.411. The number of benzene rings is 1. The van der Waals surface area contributed by atoms with Crippen molar-refractivity contribution in [3.05, 3.63) is 42.0 Å². The number of hydrogen-bond acceptors (Lipinski definition) is 2. The summed E-state index contributed by atoms with van der Waals surface area (Å²) in [5.41, 5.74) is 0.897. The van der Waals surface area contributed by atoms with Crippen molar-refractivity contribution in [1.29, 1.82) is 0 Å². The van der Waals surface area contributed by atoms with E-state index in [9.17, 15) is 9.59 Å². The lowest BCUT2D eigenvalue weighted by molar-refractivity contribution is -0.122. The lowest BCUT2D eigenvalue weighted by atomic mass is 10.2. The fourth-order valence-corrected chi connectivity index (χ4v) is 1.39. The standard InChI is InChI=1S/C12H12ClNO2/c1-2-14(12(13)16)11(15)9-8-10-6-4-3-5-7-10/h3-9H,2H2,1H3/b9-8+. The quantitative estimate of drug-likeness (QED) is 0.461. The maximum atomic E-state index is 11.5. The van der Waals surface area contributed by atoms with Gasteiger partial charge >= 0.3 is 5.37 Å². The van der Waals surface area contributed by atoms with Gasteiger partial charge in [0.05, 0.1) is 0 Å². The third-order valence-corrected chi connectivity index (χ3v) is 2.22. The van der Waals surface area contributed by atoms with Crippen molar-refractivity contribution in [2.45, 2.75) is 6.92 Å². The average Bonchev–Trinajstić information content (AvgIpc) is 2.28. The minimum atomic E-state index is -0.759. The third-order valence-electron chi connectivity index (χ3n) is 2.01. The van der Waals surface area contributed by atoms with Crippen molar-refractivity contribution in [3.63, 3.8) is 0 Å². The van der Waals surface area contributed by atoms with Crippen molar-refractivity contribution in [2.24, 2.45) is 0 Å². The smallest absolute Gasteiger partial charge is 0.269 e. The van der Waals surface area contributed by atoms with Gasteiger partial charge in [-0.3, -0.25) is 14.5 Å². The van der Waals surface area contributed by atoms with E-state index in [-0.39, 0.29) is 6.54 Å². The molecular formula is C12H12ClNO2. The molecular weight excluding hydrogens is 226 g/mol. The molecule has 1 aromatic rings. The molecule has 1 aromatic carbocycles. The molecule has 4 heteroatoms. The van der Waals surface area contributed by atoms with E-state index >= 15 is 0 Å². The van der Waals surface area contributed by atoms with Gasteiger partial charge in [0.15, 0.2) is 0 Å². The van der Waals surface area contributed by atoms with Crippen molar-refractivity contribution < 1.29 is 9.59 Å².